The highest BCUT2D eigenvalue weighted by Crippen LogP contribution is 2.14. The van der Waals surface area contributed by atoms with Crippen LogP contribution in [0, 0.1) is 11.7 Å². The van der Waals surface area contributed by atoms with E-state index in [-0.39, 0.29) is 11.9 Å². The second-order valence-electron chi connectivity index (χ2n) is 5.06. The molecule has 0 aromatic heterocycles. The lowest BCUT2D eigenvalue weighted by atomic mass is 10.00. The number of halogens is 1. The molecule has 3 atom stereocenters. The summed E-state index contributed by atoms with van der Waals surface area (Å²) >= 11 is 0. The molecule has 0 radical (unpaired) electrons. The molecular formula is C15H24FNO. The molecule has 0 fully saturated rings. The van der Waals surface area contributed by atoms with Gasteiger partial charge in [0.2, 0.25) is 0 Å². The molecule has 2 nitrogen and oxygen atoms in total. The van der Waals surface area contributed by atoms with Gasteiger partial charge in [-0.05, 0) is 29.5 Å². The molecule has 0 aliphatic heterocycles. The minimum absolute atomic E-state index is 0.203. The molecular weight excluding hydrogens is 229 g/mol. The first-order chi connectivity index (χ1) is 8.54. The Morgan fingerprint density at radius 1 is 1.17 bits per heavy atom. The van der Waals surface area contributed by atoms with E-state index in [1.165, 1.54) is 12.1 Å². The summed E-state index contributed by atoms with van der Waals surface area (Å²) in [6.07, 6.45) is 0.687. The van der Waals surface area contributed by atoms with Crippen molar-refractivity contribution < 1.29 is 9.50 Å². The van der Waals surface area contributed by atoms with Gasteiger partial charge in [-0.2, -0.15) is 0 Å². The third kappa shape index (κ3) is 4.75. The fourth-order valence-corrected chi connectivity index (χ4v) is 1.83. The van der Waals surface area contributed by atoms with Crippen LogP contribution >= 0.6 is 0 Å². The van der Waals surface area contributed by atoms with E-state index in [9.17, 15) is 9.50 Å². The van der Waals surface area contributed by atoms with E-state index in [4.69, 9.17) is 0 Å². The zero-order valence-corrected chi connectivity index (χ0v) is 11.5. The van der Waals surface area contributed by atoms with Gasteiger partial charge in [0.05, 0.1) is 6.10 Å². The minimum Gasteiger partial charge on any atom is -0.392 e. The van der Waals surface area contributed by atoms with Gasteiger partial charge in [0.1, 0.15) is 5.82 Å². The summed E-state index contributed by atoms with van der Waals surface area (Å²) < 4.78 is 12.8. The summed E-state index contributed by atoms with van der Waals surface area (Å²) in [6, 6.07) is 6.60. The van der Waals surface area contributed by atoms with Crippen molar-refractivity contribution >= 4 is 0 Å². The van der Waals surface area contributed by atoms with Crippen molar-refractivity contribution in [1.29, 1.82) is 0 Å². The summed E-state index contributed by atoms with van der Waals surface area (Å²) in [7, 11) is 0. The molecule has 1 aromatic rings. The molecule has 1 aromatic carbocycles. The highest BCUT2D eigenvalue weighted by molar-refractivity contribution is 5.20. The van der Waals surface area contributed by atoms with Crippen LogP contribution in [-0.4, -0.2) is 24.3 Å². The number of hydrogen-bond donors (Lipinski definition) is 2. The molecule has 0 saturated heterocycles. The Bertz CT molecular complexity index is 339. The standard InChI is InChI=1S/C15H24FNO/c1-4-11(2)15(18)10-17-9-12(3)13-5-7-14(16)8-6-13/h5-8,11-12,15,17-18H,4,9-10H2,1-3H3. The summed E-state index contributed by atoms with van der Waals surface area (Å²) in [5, 5.41) is 13.1. The zero-order chi connectivity index (χ0) is 13.5. The van der Waals surface area contributed by atoms with Gasteiger partial charge in [0.15, 0.2) is 0 Å². The van der Waals surface area contributed by atoms with Gasteiger partial charge in [-0.3, -0.25) is 0 Å². The maximum absolute atomic E-state index is 12.8. The molecule has 0 amide bonds. The van der Waals surface area contributed by atoms with E-state index in [2.05, 4.69) is 26.1 Å². The number of hydrogen-bond acceptors (Lipinski definition) is 2. The Labute approximate surface area is 109 Å². The average molecular weight is 253 g/mol. The largest absolute Gasteiger partial charge is 0.392 e. The topological polar surface area (TPSA) is 32.3 Å². The normalized spacial score (nSPS) is 16.3. The molecule has 2 N–H and O–H groups in total. The average Bonchev–Trinajstić information content (AvgIpc) is 2.38. The molecule has 3 unspecified atom stereocenters. The van der Waals surface area contributed by atoms with Crippen LogP contribution in [-0.2, 0) is 0 Å². The van der Waals surface area contributed by atoms with Crippen LogP contribution in [0.3, 0.4) is 0 Å². The van der Waals surface area contributed by atoms with Crippen molar-refractivity contribution in [3.8, 4) is 0 Å². The third-order valence-electron chi connectivity index (χ3n) is 3.54. The monoisotopic (exact) mass is 253 g/mol. The molecule has 0 bridgehead atoms. The van der Waals surface area contributed by atoms with Gasteiger partial charge in [0.25, 0.3) is 0 Å². The van der Waals surface area contributed by atoms with Gasteiger partial charge >= 0.3 is 0 Å². The molecule has 1 rings (SSSR count). The van der Waals surface area contributed by atoms with Crippen LogP contribution in [0.2, 0.25) is 0 Å². The van der Waals surface area contributed by atoms with Gasteiger partial charge in [-0.1, -0.05) is 39.3 Å². The lowest BCUT2D eigenvalue weighted by molar-refractivity contribution is 0.113. The third-order valence-corrected chi connectivity index (χ3v) is 3.54. The molecule has 0 saturated carbocycles. The van der Waals surface area contributed by atoms with Crippen molar-refractivity contribution in [3.05, 3.63) is 35.6 Å². The molecule has 18 heavy (non-hydrogen) atoms. The predicted molar refractivity (Wildman–Crippen MR) is 73.1 cm³/mol. The molecule has 102 valence electrons. The van der Waals surface area contributed by atoms with E-state index >= 15 is 0 Å². The Morgan fingerprint density at radius 3 is 2.33 bits per heavy atom. The number of rotatable bonds is 7. The number of benzene rings is 1. The van der Waals surface area contributed by atoms with Gasteiger partial charge in [-0.15, -0.1) is 0 Å². The van der Waals surface area contributed by atoms with E-state index < -0.39 is 0 Å². The molecule has 0 spiro atoms. The summed E-state index contributed by atoms with van der Waals surface area (Å²) in [6.45, 7) is 7.63. The van der Waals surface area contributed by atoms with Crippen molar-refractivity contribution in [3.63, 3.8) is 0 Å². The maximum Gasteiger partial charge on any atom is 0.123 e. The first kappa shape index (κ1) is 15.1. The van der Waals surface area contributed by atoms with Gasteiger partial charge in [-0.25, -0.2) is 4.39 Å². The predicted octanol–water partition coefficient (Wildman–Crippen LogP) is 2.93. The second kappa shape index (κ2) is 7.49. The van der Waals surface area contributed by atoms with Crippen LogP contribution in [0.5, 0.6) is 0 Å². The highest BCUT2D eigenvalue weighted by Gasteiger charge is 2.12. The van der Waals surface area contributed by atoms with Crippen LogP contribution < -0.4 is 5.32 Å². The van der Waals surface area contributed by atoms with Gasteiger partial charge in [0, 0.05) is 13.1 Å². The van der Waals surface area contributed by atoms with E-state index in [1.54, 1.807) is 0 Å². The van der Waals surface area contributed by atoms with E-state index in [1.807, 2.05) is 12.1 Å². The van der Waals surface area contributed by atoms with Crippen molar-refractivity contribution in [2.45, 2.75) is 39.2 Å². The Balaban J connectivity index is 2.33. The fourth-order valence-electron chi connectivity index (χ4n) is 1.83. The van der Waals surface area contributed by atoms with Crippen molar-refractivity contribution in [2.24, 2.45) is 5.92 Å². The minimum atomic E-state index is -0.296. The van der Waals surface area contributed by atoms with E-state index in [0.717, 1.165) is 18.5 Å². The fraction of sp³-hybridized carbons (Fsp3) is 0.600. The first-order valence-corrected chi connectivity index (χ1v) is 6.68. The molecule has 3 heteroatoms. The quantitative estimate of drug-likeness (QED) is 0.783. The van der Waals surface area contributed by atoms with Gasteiger partial charge < -0.3 is 10.4 Å². The lowest BCUT2D eigenvalue weighted by Crippen LogP contribution is -2.33. The lowest BCUT2D eigenvalue weighted by Gasteiger charge is -2.19. The number of aliphatic hydroxyl groups excluding tert-OH is 1. The van der Waals surface area contributed by atoms with Crippen molar-refractivity contribution in [1.82, 2.24) is 5.32 Å². The van der Waals surface area contributed by atoms with Crippen LogP contribution in [0.15, 0.2) is 24.3 Å². The van der Waals surface area contributed by atoms with Crippen molar-refractivity contribution in [2.75, 3.05) is 13.1 Å². The Hall–Kier alpha value is -0.930. The first-order valence-electron chi connectivity index (χ1n) is 6.68. The zero-order valence-electron chi connectivity index (χ0n) is 11.5. The van der Waals surface area contributed by atoms with Crippen LogP contribution in [0.4, 0.5) is 4.39 Å². The summed E-state index contributed by atoms with van der Waals surface area (Å²) in [5.74, 6) is 0.430. The van der Waals surface area contributed by atoms with E-state index in [0.29, 0.717) is 18.4 Å². The molecule has 0 aliphatic carbocycles. The Morgan fingerprint density at radius 2 is 1.78 bits per heavy atom. The Kier molecular flexibility index (Phi) is 6.30. The number of aliphatic hydroxyl groups is 1. The molecule has 0 aliphatic rings. The number of nitrogens with one attached hydrogen (secondary N) is 1. The maximum atomic E-state index is 12.8. The van der Waals surface area contributed by atoms with Crippen LogP contribution in [0.1, 0.15) is 38.7 Å². The summed E-state index contributed by atoms with van der Waals surface area (Å²) in [4.78, 5) is 0. The second-order valence-corrected chi connectivity index (χ2v) is 5.06. The summed E-state index contributed by atoms with van der Waals surface area (Å²) in [5.41, 5.74) is 1.11. The highest BCUT2D eigenvalue weighted by atomic mass is 19.1. The molecule has 0 heterocycles. The smallest absolute Gasteiger partial charge is 0.123 e. The van der Waals surface area contributed by atoms with Crippen LogP contribution in [0.25, 0.3) is 0 Å². The SMILES string of the molecule is CCC(C)C(O)CNCC(C)c1ccc(F)cc1.